The van der Waals surface area contributed by atoms with Crippen LogP contribution in [0.4, 0.5) is 4.79 Å². The molecule has 0 radical (unpaired) electrons. The van der Waals surface area contributed by atoms with Crippen LogP contribution in [-0.2, 0) is 19.1 Å². The van der Waals surface area contributed by atoms with Gasteiger partial charge in [-0.05, 0) is 85.0 Å². The van der Waals surface area contributed by atoms with Gasteiger partial charge >= 0.3 is 6.09 Å². The third-order valence-corrected chi connectivity index (χ3v) is 7.59. The zero-order chi connectivity index (χ0) is 37.9. The van der Waals surface area contributed by atoms with Gasteiger partial charge in [-0.1, -0.05) is 79.8 Å². The van der Waals surface area contributed by atoms with Crippen LogP contribution in [-0.4, -0.2) is 93.8 Å². The van der Waals surface area contributed by atoms with Crippen LogP contribution in [0.1, 0.15) is 98.3 Å². The van der Waals surface area contributed by atoms with Crippen LogP contribution in [0.5, 0.6) is 0 Å². The molecule has 0 aromatic heterocycles. The SMILES string of the molecule is CC/C=C\C/C=C\C/C=C\C/C=C\C/C=C\C/C=C\CCC(=O)NCCCC[C@H](NC(=O)OC(C)(C)C)C(=O)NC1C(O)[C@H](O)C(CO)O[C@H]1O. The summed E-state index contributed by atoms with van der Waals surface area (Å²) in [6.45, 7) is 6.91. The maximum atomic E-state index is 13.1. The van der Waals surface area contributed by atoms with Gasteiger partial charge in [-0.25, -0.2) is 4.79 Å². The number of amides is 3. The lowest BCUT2D eigenvalue weighted by Gasteiger charge is -2.40. The number of rotatable bonds is 23. The quantitative estimate of drug-likeness (QED) is 0.0588. The van der Waals surface area contributed by atoms with Crippen molar-refractivity contribution in [3.05, 3.63) is 72.9 Å². The van der Waals surface area contributed by atoms with Gasteiger partial charge < -0.3 is 45.9 Å². The van der Waals surface area contributed by atoms with Crippen LogP contribution in [0.15, 0.2) is 72.9 Å². The van der Waals surface area contributed by atoms with Gasteiger partial charge in [0.1, 0.15) is 36.0 Å². The van der Waals surface area contributed by atoms with Gasteiger partial charge in [0.25, 0.3) is 0 Å². The summed E-state index contributed by atoms with van der Waals surface area (Å²) >= 11 is 0. The maximum Gasteiger partial charge on any atom is 0.408 e. The first-order valence-electron chi connectivity index (χ1n) is 18.2. The fourth-order valence-corrected chi connectivity index (χ4v) is 4.88. The highest BCUT2D eigenvalue weighted by atomic mass is 16.6. The number of hydrogen-bond acceptors (Lipinski definition) is 9. The van der Waals surface area contributed by atoms with Crippen LogP contribution >= 0.6 is 0 Å². The third kappa shape index (κ3) is 22.1. The first-order valence-corrected chi connectivity index (χ1v) is 18.2. The van der Waals surface area contributed by atoms with Crippen LogP contribution in [0, 0.1) is 0 Å². The summed E-state index contributed by atoms with van der Waals surface area (Å²) in [5.41, 5.74) is -0.812. The van der Waals surface area contributed by atoms with Crippen molar-refractivity contribution < 1.29 is 44.3 Å². The van der Waals surface area contributed by atoms with Gasteiger partial charge in [0.05, 0.1) is 6.61 Å². The fraction of sp³-hybridized carbons (Fsp3) is 0.615. The molecular formula is C39H63N3O9. The minimum absolute atomic E-state index is 0.0873. The number of alkyl carbamates (subject to hydrolysis) is 1. The molecule has 12 heteroatoms. The molecule has 0 aromatic carbocycles. The molecular weight excluding hydrogens is 654 g/mol. The molecule has 1 rings (SSSR count). The van der Waals surface area contributed by atoms with Crippen molar-refractivity contribution in [2.24, 2.45) is 0 Å². The summed E-state index contributed by atoms with van der Waals surface area (Å²) in [5, 5.41) is 47.8. The summed E-state index contributed by atoms with van der Waals surface area (Å²) in [7, 11) is 0. The molecule has 1 saturated heterocycles. The number of unbranched alkanes of at least 4 members (excludes halogenated alkanes) is 1. The van der Waals surface area contributed by atoms with E-state index in [1.165, 1.54) is 0 Å². The molecule has 0 bridgehead atoms. The number of nitrogens with one attached hydrogen (secondary N) is 3. The number of carbonyl (C=O) groups is 3. The first kappa shape index (κ1) is 45.5. The number of aliphatic hydroxyl groups is 4. The van der Waals surface area contributed by atoms with Crippen molar-refractivity contribution >= 4 is 17.9 Å². The fourth-order valence-electron chi connectivity index (χ4n) is 4.88. The van der Waals surface area contributed by atoms with Gasteiger partial charge in [0.15, 0.2) is 6.29 Å². The number of ether oxygens (including phenoxy) is 2. The van der Waals surface area contributed by atoms with E-state index in [2.05, 4.69) is 83.6 Å². The molecule has 0 aromatic rings. The monoisotopic (exact) mass is 717 g/mol. The second-order valence-corrected chi connectivity index (χ2v) is 13.3. The Bertz CT molecular complexity index is 1170. The van der Waals surface area contributed by atoms with E-state index in [9.17, 15) is 34.8 Å². The van der Waals surface area contributed by atoms with Gasteiger partial charge in [0.2, 0.25) is 11.8 Å². The molecule has 12 nitrogen and oxygen atoms in total. The normalized spacial score (nSPS) is 22.2. The largest absolute Gasteiger partial charge is 0.444 e. The molecule has 1 aliphatic rings. The Balaban J connectivity index is 2.34. The van der Waals surface area contributed by atoms with Crippen LogP contribution in [0.25, 0.3) is 0 Å². The highest BCUT2D eigenvalue weighted by molar-refractivity contribution is 5.86. The Morgan fingerprint density at radius 3 is 1.82 bits per heavy atom. The van der Waals surface area contributed by atoms with Crippen LogP contribution < -0.4 is 16.0 Å². The van der Waals surface area contributed by atoms with Crippen molar-refractivity contribution in [2.45, 2.75) is 141 Å². The van der Waals surface area contributed by atoms with Gasteiger partial charge in [-0.2, -0.15) is 0 Å². The lowest BCUT2D eigenvalue weighted by atomic mass is 9.96. The summed E-state index contributed by atoms with van der Waals surface area (Å²) < 4.78 is 10.4. The van der Waals surface area contributed by atoms with Crippen molar-refractivity contribution in [1.82, 2.24) is 16.0 Å². The first-order chi connectivity index (χ1) is 24.4. The number of hydrogen-bond donors (Lipinski definition) is 7. The van der Waals surface area contributed by atoms with Crippen molar-refractivity contribution in [3.63, 3.8) is 0 Å². The number of carbonyl (C=O) groups excluding carboxylic acids is 3. The lowest BCUT2D eigenvalue weighted by molar-refractivity contribution is -0.254. The van der Waals surface area contributed by atoms with Crippen molar-refractivity contribution in [2.75, 3.05) is 13.2 Å². The molecule has 3 unspecified atom stereocenters. The van der Waals surface area contributed by atoms with Gasteiger partial charge in [-0.15, -0.1) is 0 Å². The van der Waals surface area contributed by atoms with E-state index in [1.807, 2.05) is 12.2 Å². The third-order valence-electron chi connectivity index (χ3n) is 7.59. The van der Waals surface area contributed by atoms with E-state index < -0.39 is 60.9 Å². The molecule has 3 amide bonds. The lowest BCUT2D eigenvalue weighted by Crippen LogP contribution is -2.65. The maximum absolute atomic E-state index is 13.1. The molecule has 1 fully saturated rings. The summed E-state index contributed by atoms with van der Waals surface area (Å²) in [4.78, 5) is 37.8. The standard InChI is InChI=1S/C39H63N3O9/c1-5-6-7-8-9-10-11-12-13-14-15-16-17-18-19-20-21-22-23-27-32(44)40-28-25-24-26-30(41-38(49)51-39(2,3)4)36(47)42-33-35(46)34(45)31(29-43)50-37(33)48/h6-7,9-10,12-13,15-16,18-19,21-22,30-31,33-35,37,43,45-46,48H,5,8,11,14,17,20,23-29H2,1-4H3,(H,40,44)(H,41,49)(H,42,47)/b7-6-,10-9-,13-12-,16-15-,19-18-,22-21-/t30-,31?,33?,34+,35?,37+/m0/s1. The average molecular weight is 718 g/mol. The molecule has 1 aliphatic heterocycles. The molecule has 0 aliphatic carbocycles. The molecule has 0 saturated carbocycles. The van der Waals surface area contributed by atoms with E-state index in [4.69, 9.17) is 9.47 Å². The molecule has 0 spiro atoms. The van der Waals surface area contributed by atoms with Crippen molar-refractivity contribution in [3.8, 4) is 0 Å². The second-order valence-electron chi connectivity index (χ2n) is 13.3. The predicted molar refractivity (Wildman–Crippen MR) is 199 cm³/mol. The number of aliphatic hydroxyl groups excluding tert-OH is 4. The minimum atomic E-state index is -1.70. The zero-order valence-corrected chi connectivity index (χ0v) is 30.9. The molecule has 6 atom stereocenters. The van der Waals surface area contributed by atoms with E-state index in [1.54, 1.807) is 20.8 Å². The highest BCUT2D eigenvalue weighted by Crippen LogP contribution is 2.20. The smallest absolute Gasteiger partial charge is 0.408 e. The molecule has 288 valence electrons. The summed E-state index contributed by atoms with van der Waals surface area (Å²) in [5.74, 6) is -0.821. The van der Waals surface area contributed by atoms with E-state index in [-0.39, 0.29) is 12.3 Å². The van der Waals surface area contributed by atoms with Crippen molar-refractivity contribution in [1.29, 1.82) is 0 Å². The Hall–Kier alpha value is -3.55. The van der Waals surface area contributed by atoms with E-state index in [0.717, 1.165) is 38.5 Å². The second kappa shape index (κ2) is 27.1. The Morgan fingerprint density at radius 1 is 0.784 bits per heavy atom. The highest BCUT2D eigenvalue weighted by Gasteiger charge is 2.45. The minimum Gasteiger partial charge on any atom is -0.444 e. The van der Waals surface area contributed by atoms with Gasteiger partial charge in [-0.3, -0.25) is 9.59 Å². The Morgan fingerprint density at radius 2 is 1.31 bits per heavy atom. The summed E-state index contributed by atoms with van der Waals surface area (Å²) in [6.07, 6.45) is 26.5. The van der Waals surface area contributed by atoms with Crippen LogP contribution in [0.2, 0.25) is 0 Å². The predicted octanol–water partition coefficient (Wildman–Crippen LogP) is 4.56. The molecule has 1 heterocycles. The summed E-state index contributed by atoms with van der Waals surface area (Å²) in [6, 6.07) is -2.51. The Kier molecular flexibility index (Phi) is 24.2. The van der Waals surface area contributed by atoms with Crippen LogP contribution in [0.3, 0.4) is 0 Å². The number of allylic oxidation sites excluding steroid dienone is 12. The van der Waals surface area contributed by atoms with E-state index >= 15 is 0 Å². The van der Waals surface area contributed by atoms with E-state index in [0.29, 0.717) is 32.2 Å². The topological polar surface area (TPSA) is 187 Å². The molecule has 7 N–H and O–H groups in total. The zero-order valence-electron chi connectivity index (χ0n) is 30.9. The Labute approximate surface area is 304 Å². The van der Waals surface area contributed by atoms with Gasteiger partial charge in [0, 0.05) is 13.0 Å². The average Bonchev–Trinajstić information content (AvgIpc) is 3.07. The molecule has 51 heavy (non-hydrogen) atoms.